The van der Waals surface area contributed by atoms with Gasteiger partial charge in [0, 0.05) is 38.3 Å². The molecule has 0 amide bonds. The molecule has 0 aliphatic rings. The minimum absolute atomic E-state index is 0.342. The lowest BCUT2D eigenvalue weighted by molar-refractivity contribution is 0.0413. The van der Waals surface area contributed by atoms with Gasteiger partial charge in [-0.2, -0.15) is 10.5 Å². The molecule has 2 aromatic rings. The molecule has 1 aromatic heterocycles. The van der Waals surface area contributed by atoms with Crippen LogP contribution in [0.5, 0.6) is 11.5 Å². The van der Waals surface area contributed by atoms with Crippen molar-refractivity contribution < 1.29 is 23.7 Å². The third-order valence-corrected chi connectivity index (χ3v) is 8.77. The molecule has 0 unspecified atom stereocenters. The number of ether oxygens (including phenoxy) is 5. The number of methoxy groups -OCH3 is 2. The Bertz CT molecular complexity index is 1280. The van der Waals surface area contributed by atoms with E-state index in [1.54, 1.807) is 27.2 Å². The van der Waals surface area contributed by atoms with Gasteiger partial charge in [0.05, 0.1) is 65.1 Å². The fourth-order valence-electron chi connectivity index (χ4n) is 4.69. The molecule has 0 atom stereocenters. The van der Waals surface area contributed by atoms with Gasteiger partial charge in [-0.15, -0.1) is 21.6 Å². The number of nitrogens with zero attached hydrogens (tertiary/aromatic N) is 7. The topological polar surface area (TPSA) is 128 Å². The molecular weight excluding hydrogens is 606 g/mol. The van der Waals surface area contributed by atoms with Gasteiger partial charge < -0.3 is 38.4 Å². The Balaban J connectivity index is 2.18. The second kappa shape index (κ2) is 22.3. The zero-order valence-electron chi connectivity index (χ0n) is 28.6. The van der Waals surface area contributed by atoms with Crippen LogP contribution in [0.1, 0.15) is 43.7 Å². The van der Waals surface area contributed by atoms with Crippen molar-refractivity contribution in [1.29, 1.82) is 10.5 Å². The van der Waals surface area contributed by atoms with Crippen LogP contribution < -0.4 is 14.4 Å². The van der Waals surface area contributed by atoms with E-state index < -0.39 is 0 Å². The zero-order chi connectivity index (χ0) is 33.7. The summed E-state index contributed by atoms with van der Waals surface area (Å²) in [6.45, 7) is 20.8. The Labute approximate surface area is 279 Å². The van der Waals surface area contributed by atoms with Crippen LogP contribution in [0.2, 0.25) is 0 Å². The summed E-state index contributed by atoms with van der Waals surface area (Å²) in [5.74, 6) is 1.07. The van der Waals surface area contributed by atoms with Gasteiger partial charge >= 0.3 is 0 Å². The number of benzene rings is 1. The van der Waals surface area contributed by atoms with Crippen molar-refractivity contribution in [3.8, 4) is 23.6 Å². The van der Waals surface area contributed by atoms with E-state index in [-0.39, 0.29) is 0 Å². The lowest BCUT2D eigenvalue weighted by atomic mass is 10.2. The molecule has 13 heteroatoms. The molecule has 254 valence electrons. The predicted octanol–water partition coefficient (Wildman–Crippen LogP) is 5.77. The Morgan fingerprint density at radius 3 is 1.70 bits per heavy atom. The number of hydrogen-bond acceptors (Lipinski definition) is 13. The summed E-state index contributed by atoms with van der Waals surface area (Å²) in [6, 6.07) is 7.86. The lowest BCUT2D eigenvalue weighted by Gasteiger charge is -2.27. The van der Waals surface area contributed by atoms with Crippen LogP contribution in [0.4, 0.5) is 16.4 Å². The molecule has 0 saturated heterocycles. The van der Waals surface area contributed by atoms with Crippen LogP contribution >= 0.6 is 11.3 Å². The number of likely N-dealkylation sites (N-methyl/N-ethyl adjacent to an activating group) is 2. The van der Waals surface area contributed by atoms with E-state index in [4.69, 9.17) is 23.7 Å². The number of nitriles is 2. The van der Waals surface area contributed by atoms with Crippen molar-refractivity contribution in [2.75, 3.05) is 111 Å². The quantitative estimate of drug-likeness (QED) is 0.101. The maximum Gasteiger partial charge on any atom is 0.158 e. The first kappa shape index (κ1) is 38.9. The summed E-state index contributed by atoms with van der Waals surface area (Å²) in [7, 11) is 3.17. The normalized spacial score (nSPS) is 11.4. The first-order valence-electron chi connectivity index (χ1n) is 15.9. The van der Waals surface area contributed by atoms with Gasteiger partial charge in [-0.1, -0.05) is 27.7 Å². The SMILES string of the molecule is CCN(CC)CCOCCOCCN(CCOCCN(CC)CC)c1cc(OC)c(/N=N/c2sc(C#N)c(C)c2C#N)cc1OC. The van der Waals surface area contributed by atoms with E-state index in [2.05, 4.69) is 64.8 Å². The number of thiophene rings is 1. The van der Waals surface area contributed by atoms with Crippen molar-refractivity contribution >= 4 is 27.7 Å². The standard InChI is InChI=1S/C33H51N7O5S/c1-8-38(9-2)12-16-43-18-14-40(15-19-45-21-20-44-17-13-39(10-3)11-4)29-23-30(41-6)28(22-31(29)42-7)36-37-33-27(24-34)26(5)32(25-35)46-33/h22-23H,8-21H2,1-7H3/b37-36+. The maximum atomic E-state index is 9.59. The van der Waals surface area contributed by atoms with Gasteiger partial charge in [-0.05, 0) is 38.7 Å². The lowest BCUT2D eigenvalue weighted by Crippen LogP contribution is -2.33. The zero-order valence-corrected chi connectivity index (χ0v) is 29.5. The fourth-order valence-corrected chi connectivity index (χ4v) is 5.57. The molecule has 0 radical (unpaired) electrons. The molecule has 2 rings (SSSR count). The van der Waals surface area contributed by atoms with Crippen molar-refractivity contribution in [2.24, 2.45) is 10.2 Å². The summed E-state index contributed by atoms with van der Waals surface area (Å²) in [5.41, 5.74) is 2.19. The molecule has 12 nitrogen and oxygen atoms in total. The molecule has 0 spiro atoms. The van der Waals surface area contributed by atoms with E-state index in [0.717, 1.165) is 56.3 Å². The molecule has 1 heterocycles. The summed E-state index contributed by atoms with van der Waals surface area (Å²) in [4.78, 5) is 7.24. The minimum atomic E-state index is 0.342. The van der Waals surface area contributed by atoms with Gasteiger partial charge in [0.1, 0.15) is 34.2 Å². The average Bonchev–Trinajstić information content (AvgIpc) is 3.40. The summed E-state index contributed by atoms with van der Waals surface area (Å²) >= 11 is 1.13. The van der Waals surface area contributed by atoms with E-state index in [1.165, 1.54) is 0 Å². The Morgan fingerprint density at radius 1 is 0.696 bits per heavy atom. The molecule has 0 bridgehead atoms. The number of rotatable bonds is 24. The minimum Gasteiger partial charge on any atom is -0.494 e. The monoisotopic (exact) mass is 657 g/mol. The van der Waals surface area contributed by atoms with Crippen molar-refractivity contribution in [3.63, 3.8) is 0 Å². The second-order valence-electron chi connectivity index (χ2n) is 10.2. The van der Waals surface area contributed by atoms with Crippen molar-refractivity contribution in [3.05, 3.63) is 28.1 Å². The number of anilines is 1. The van der Waals surface area contributed by atoms with Crippen LogP contribution in [-0.2, 0) is 14.2 Å². The van der Waals surface area contributed by atoms with Crippen LogP contribution in [-0.4, -0.2) is 116 Å². The van der Waals surface area contributed by atoms with E-state index in [1.807, 2.05) is 6.07 Å². The predicted molar refractivity (Wildman–Crippen MR) is 182 cm³/mol. The van der Waals surface area contributed by atoms with E-state index in [0.29, 0.717) is 90.9 Å². The third kappa shape index (κ3) is 12.1. The van der Waals surface area contributed by atoms with Crippen LogP contribution in [0, 0.1) is 29.6 Å². The smallest absolute Gasteiger partial charge is 0.158 e. The van der Waals surface area contributed by atoms with Crippen LogP contribution in [0.3, 0.4) is 0 Å². The van der Waals surface area contributed by atoms with Crippen molar-refractivity contribution in [2.45, 2.75) is 34.6 Å². The van der Waals surface area contributed by atoms with Crippen molar-refractivity contribution in [1.82, 2.24) is 9.80 Å². The average molecular weight is 658 g/mol. The molecule has 0 aliphatic heterocycles. The first-order chi connectivity index (χ1) is 22.4. The Morgan fingerprint density at radius 2 is 1.22 bits per heavy atom. The van der Waals surface area contributed by atoms with Gasteiger partial charge in [0.25, 0.3) is 0 Å². The van der Waals surface area contributed by atoms with Crippen LogP contribution in [0.15, 0.2) is 22.4 Å². The van der Waals surface area contributed by atoms with Gasteiger partial charge in [-0.25, -0.2) is 0 Å². The summed E-state index contributed by atoms with van der Waals surface area (Å²) in [6.07, 6.45) is 0. The fraction of sp³-hybridized carbons (Fsp3) is 0.636. The molecule has 1 aromatic carbocycles. The molecule has 0 aliphatic carbocycles. The van der Waals surface area contributed by atoms with Crippen LogP contribution in [0.25, 0.3) is 0 Å². The molecule has 46 heavy (non-hydrogen) atoms. The number of hydrogen-bond donors (Lipinski definition) is 0. The highest BCUT2D eigenvalue weighted by Crippen LogP contribution is 2.42. The maximum absolute atomic E-state index is 9.59. The Hall–Kier alpha value is -3.30. The Kier molecular flexibility index (Phi) is 18.8. The summed E-state index contributed by atoms with van der Waals surface area (Å²) < 4.78 is 29.2. The molecular formula is C33H51N7O5S. The summed E-state index contributed by atoms with van der Waals surface area (Å²) in [5, 5.41) is 28.0. The molecule has 0 N–H and O–H groups in total. The highest BCUT2D eigenvalue weighted by Gasteiger charge is 2.19. The van der Waals surface area contributed by atoms with Gasteiger partial charge in [0.2, 0.25) is 0 Å². The second-order valence-corrected chi connectivity index (χ2v) is 11.2. The van der Waals surface area contributed by atoms with E-state index >= 15 is 0 Å². The number of azo groups is 1. The largest absolute Gasteiger partial charge is 0.494 e. The molecule has 0 fully saturated rings. The highest BCUT2D eigenvalue weighted by molar-refractivity contribution is 7.16. The third-order valence-electron chi connectivity index (χ3n) is 7.69. The van der Waals surface area contributed by atoms with Gasteiger partial charge in [0.15, 0.2) is 5.00 Å². The first-order valence-corrected chi connectivity index (χ1v) is 16.8. The highest BCUT2D eigenvalue weighted by atomic mass is 32.1. The molecule has 0 saturated carbocycles. The van der Waals surface area contributed by atoms with Gasteiger partial charge in [-0.3, -0.25) is 0 Å². The van der Waals surface area contributed by atoms with E-state index in [9.17, 15) is 10.5 Å².